The molecule has 118 valence electrons. The molecule has 4 rings (SSSR count). The molecule has 2 aliphatic heterocycles. The van der Waals surface area contributed by atoms with Gasteiger partial charge in [-0.2, -0.15) is 0 Å². The first kappa shape index (κ1) is 14.3. The van der Waals surface area contributed by atoms with Crippen molar-refractivity contribution < 1.29 is 9.90 Å². The summed E-state index contributed by atoms with van der Waals surface area (Å²) in [5.41, 5.74) is 3.90. The Hall–Kier alpha value is -2.33. The number of nitrogens with zero attached hydrogens (tertiary/aromatic N) is 2. The minimum absolute atomic E-state index is 0.0419. The second-order valence-corrected chi connectivity index (χ2v) is 6.43. The molecule has 1 N–H and O–H groups in total. The Kier molecular flexibility index (Phi) is 3.34. The van der Waals surface area contributed by atoms with Crippen LogP contribution in [0.15, 0.2) is 48.7 Å². The van der Waals surface area contributed by atoms with E-state index < -0.39 is 6.10 Å². The van der Waals surface area contributed by atoms with E-state index in [-0.39, 0.29) is 11.9 Å². The number of rotatable bonds is 2. The molecule has 1 saturated heterocycles. The van der Waals surface area contributed by atoms with Crippen molar-refractivity contribution in [1.29, 1.82) is 0 Å². The van der Waals surface area contributed by atoms with Gasteiger partial charge in [-0.3, -0.25) is 4.79 Å². The maximum Gasteiger partial charge on any atom is 0.255 e. The van der Waals surface area contributed by atoms with Crippen LogP contribution in [0.25, 0.3) is 11.1 Å². The van der Waals surface area contributed by atoms with E-state index in [0.717, 1.165) is 28.8 Å². The van der Waals surface area contributed by atoms with Crippen molar-refractivity contribution in [3.8, 4) is 0 Å². The van der Waals surface area contributed by atoms with Crippen LogP contribution in [0.3, 0.4) is 0 Å². The van der Waals surface area contributed by atoms with Crippen molar-refractivity contribution in [3.63, 3.8) is 0 Å². The van der Waals surface area contributed by atoms with E-state index in [0.29, 0.717) is 13.0 Å². The van der Waals surface area contributed by atoms with Crippen molar-refractivity contribution in [2.75, 3.05) is 6.54 Å². The summed E-state index contributed by atoms with van der Waals surface area (Å²) in [6.45, 7) is 0.445. The highest BCUT2D eigenvalue weighted by Gasteiger charge is 2.41. The van der Waals surface area contributed by atoms with Crippen LogP contribution in [0.4, 0.5) is 0 Å². The van der Waals surface area contributed by atoms with E-state index in [2.05, 4.69) is 10.6 Å². The molecule has 0 aliphatic carbocycles. The standard InChI is InChI=1S/C19H20N2O2/c1-20-9-5-8-17(20)16-11-14-10-15(22)12-21(14)19(23)18(16)13-6-3-2-4-7-13/h2-9,14-15,22H,10-12H2,1H3/t14-,15+/m0/s1. The molecule has 4 heteroatoms. The first-order valence-electron chi connectivity index (χ1n) is 8.04. The second kappa shape index (κ2) is 5.39. The van der Waals surface area contributed by atoms with E-state index in [1.54, 1.807) is 0 Å². The number of fused-ring (bicyclic) bond motifs is 1. The van der Waals surface area contributed by atoms with Crippen LogP contribution < -0.4 is 0 Å². The van der Waals surface area contributed by atoms with Crippen LogP contribution in [-0.2, 0) is 11.8 Å². The fraction of sp³-hybridized carbons (Fsp3) is 0.316. The number of carbonyl (C=O) groups excluding carboxylic acids is 1. The molecular weight excluding hydrogens is 288 g/mol. The van der Waals surface area contributed by atoms with Gasteiger partial charge in [0.25, 0.3) is 5.91 Å². The Morgan fingerprint density at radius 3 is 2.61 bits per heavy atom. The van der Waals surface area contributed by atoms with Crippen molar-refractivity contribution in [3.05, 3.63) is 59.9 Å². The number of hydrogen-bond donors (Lipinski definition) is 1. The first-order valence-corrected chi connectivity index (χ1v) is 8.04. The highest BCUT2D eigenvalue weighted by molar-refractivity contribution is 6.28. The molecule has 3 heterocycles. The predicted molar refractivity (Wildman–Crippen MR) is 89.4 cm³/mol. The summed E-state index contributed by atoms with van der Waals surface area (Å²) in [5, 5.41) is 9.99. The Labute approximate surface area is 135 Å². The number of amides is 1. The summed E-state index contributed by atoms with van der Waals surface area (Å²) in [4.78, 5) is 15.0. The van der Waals surface area contributed by atoms with Crippen LogP contribution in [0.5, 0.6) is 0 Å². The summed E-state index contributed by atoms with van der Waals surface area (Å²) >= 11 is 0. The molecule has 0 bridgehead atoms. The fourth-order valence-electron chi connectivity index (χ4n) is 3.85. The average Bonchev–Trinajstić information content (AvgIpc) is 3.13. The molecule has 2 aromatic rings. The number of carbonyl (C=O) groups is 1. The molecule has 2 aliphatic rings. The highest BCUT2D eigenvalue weighted by atomic mass is 16.3. The minimum Gasteiger partial charge on any atom is -0.391 e. The molecule has 1 amide bonds. The molecule has 0 saturated carbocycles. The van der Waals surface area contributed by atoms with Gasteiger partial charge < -0.3 is 14.6 Å². The summed E-state index contributed by atoms with van der Waals surface area (Å²) in [5.74, 6) is 0.0419. The van der Waals surface area contributed by atoms with Gasteiger partial charge in [0, 0.05) is 31.5 Å². The molecule has 1 aromatic carbocycles. The summed E-state index contributed by atoms with van der Waals surface area (Å²) in [6.07, 6.45) is 3.06. The third-order valence-electron chi connectivity index (χ3n) is 4.92. The molecule has 0 radical (unpaired) electrons. The number of aliphatic hydroxyl groups is 1. The van der Waals surface area contributed by atoms with Crippen LogP contribution in [-0.4, -0.2) is 39.2 Å². The Morgan fingerprint density at radius 2 is 1.91 bits per heavy atom. The Bertz CT molecular complexity index is 776. The SMILES string of the molecule is Cn1cccc1C1=C(c2ccccc2)C(=O)N2C[C@H](O)C[C@H]2C1. The molecule has 23 heavy (non-hydrogen) atoms. The van der Waals surface area contributed by atoms with Gasteiger partial charge in [-0.15, -0.1) is 0 Å². The van der Waals surface area contributed by atoms with Gasteiger partial charge >= 0.3 is 0 Å². The number of hydrogen-bond acceptors (Lipinski definition) is 2. The van der Waals surface area contributed by atoms with E-state index in [1.807, 2.05) is 54.5 Å². The van der Waals surface area contributed by atoms with E-state index >= 15 is 0 Å². The van der Waals surface area contributed by atoms with Crippen molar-refractivity contribution in [1.82, 2.24) is 9.47 Å². The smallest absolute Gasteiger partial charge is 0.255 e. The van der Waals surface area contributed by atoms with Crippen molar-refractivity contribution >= 4 is 17.1 Å². The third kappa shape index (κ3) is 2.30. The zero-order valence-corrected chi connectivity index (χ0v) is 13.1. The lowest BCUT2D eigenvalue weighted by molar-refractivity contribution is -0.126. The monoisotopic (exact) mass is 308 g/mol. The van der Waals surface area contributed by atoms with Gasteiger partial charge in [-0.1, -0.05) is 30.3 Å². The molecular formula is C19H20N2O2. The fourth-order valence-corrected chi connectivity index (χ4v) is 3.85. The topological polar surface area (TPSA) is 45.5 Å². The van der Waals surface area contributed by atoms with Crippen LogP contribution >= 0.6 is 0 Å². The van der Waals surface area contributed by atoms with Crippen LogP contribution in [0, 0.1) is 0 Å². The second-order valence-electron chi connectivity index (χ2n) is 6.43. The maximum absolute atomic E-state index is 13.1. The molecule has 1 fully saturated rings. The Morgan fingerprint density at radius 1 is 1.13 bits per heavy atom. The number of aryl methyl sites for hydroxylation is 1. The highest BCUT2D eigenvalue weighted by Crippen LogP contribution is 2.40. The molecule has 2 atom stereocenters. The number of aliphatic hydroxyl groups excluding tert-OH is 1. The number of benzene rings is 1. The van der Waals surface area contributed by atoms with Gasteiger partial charge in [-0.05, 0) is 36.1 Å². The maximum atomic E-state index is 13.1. The van der Waals surface area contributed by atoms with E-state index in [1.165, 1.54) is 0 Å². The zero-order valence-electron chi connectivity index (χ0n) is 13.1. The Balaban J connectivity index is 1.90. The largest absolute Gasteiger partial charge is 0.391 e. The number of aromatic nitrogens is 1. The van der Waals surface area contributed by atoms with Crippen LogP contribution in [0.2, 0.25) is 0 Å². The summed E-state index contributed by atoms with van der Waals surface area (Å²) in [6, 6.07) is 14.0. The lowest BCUT2D eigenvalue weighted by Gasteiger charge is -2.33. The molecule has 0 unspecified atom stereocenters. The molecule has 1 aromatic heterocycles. The average molecular weight is 308 g/mol. The lowest BCUT2D eigenvalue weighted by atomic mass is 9.88. The predicted octanol–water partition coefficient (Wildman–Crippen LogP) is 2.30. The first-order chi connectivity index (χ1) is 11.1. The van der Waals surface area contributed by atoms with Gasteiger partial charge in [0.2, 0.25) is 0 Å². The van der Waals surface area contributed by atoms with Crippen molar-refractivity contribution in [2.24, 2.45) is 7.05 Å². The molecule has 4 nitrogen and oxygen atoms in total. The quantitative estimate of drug-likeness (QED) is 0.925. The van der Waals surface area contributed by atoms with E-state index in [9.17, 15) is 9.90 Å². The third-order valence-corrected chi connectivity index (χ3v) is 4.92. The summed E-state index contributed by atoms with van der Waals surface area (Å²) < 4.78 is 2.06. The van der Waals surface area contributed by atoms with Crippen LogP contribution in [0.1, 0.15) is 24.1 Å². The normalized spacial score (nSPS) is 24.3. The van der Waals surface area contributed by atoms with Gasteiger partial charge in [0.05, 0.1) is 11.7 Å². The van der Waals surface area contributed by atoms with Crippen molar-refractivity contribution in [2.45, 2.75) is 25.0 Å². The van der Waals surface area contributed by atoms with Gasteiger partial charge in [0.15, 0.2) is 0 Å². The van der Waals surface area contributed by atoms with Gasteiger partial charge in [0.1, 0.15) is 0 Å². The van der Waals surface area contributed by atoms with E-state index in [4.69, 9.17) is 0 Å². The summed E-state index contributed by atoms with van der Waals surface area (Å²) in [7, 11) is 2.01. The van der Waals surface area contributed by atoms with Gasteiger partial charge in [-0.25, -0.2) is 0 Å². The molecule has 0 spiro atoms. The minimum atomic E-state index is -0.409. The lowest BCUT2D eigenvalue weighted by Crippen LogP contribution is -2.40. The zero-order chi connectivity index (χ0) is 16.0.